The minimum atomic E-state index is -0.153. The van der Waals surface area contributed by atoms with Crippen molar-refractivity contribution in [2.24, 2.45) is 5.10 Å². The highest BCUT2D eigenvalue weighted by Crippen LogP contribution is 2.30. The fraction of sp³-hybridized carbons (Fsp3) is 0.385. The van der Waals surface area contributed by atoms with E-state index in [-0.39, 0.29) is 5.54 Å². The lowest BCUT2D eigenvalue weighted by Gasteiger charge is -2.28. The van der Waals surface area contributed by atoms with Gasteiger partial charge in [0.2, 0.25) is 0 Å². The topological polar surface area (TPSA) is 39.4 Å². The van der Waals surface area contributed by atoms with Gasteiger partial charge >= 0.3 is 0 Å². The summed E-state index contributed by atoms with van der Waals surface area (Å²) in [6, 6.07) is 12.4. The van der Waals surface area contributed by atoms with Crippen molar-refractivity contribution in [2.75, 3.05) is 7.05 Å². The molecule has 0 aliphatic carbocycles. The molecule has 0 saturated carbocycles. The predicted molar refractivity (Wildman–Crippen MR) is 64.0 cm³/mol. The van der Waals surface area contributed by atoms with Gasteiger partial charge in [-0.25, -0.2) is 0 Å². The minimum Gasteiger partial charge on any atom is -0.293 e. The molecule has 0 fully saturated rings. The van der Waals surface area contributed by atoms with Gasteiger partial charge in [0.15, 0.2) is 0 Å². The van der Waals surface area contributed by atoms with Crippen LogP contribution < -0.4 is 0 Å². The van der Waals surface area contributed by atoms with Gasteiger partial charge in [-0.15, -0.1) is 0 Å². The zero-order valence-electron chi connectivity index (χ0n) is 9.64. The van der Waals surface area contributed by atoms with Crippen LogP contribution in [-0.2, 0) is 0 Å². The van der Waals surface area contributed by atoms with E-state index in [4.69, 9.17) is 5.26 Å². The summed E-state index contributed by atoms with van der Waals surface area (Å²) in [5.74, 6) is 0. The first-order chi connectivity index (χ1) is 7.65. The molecule has 0 bridgehead atoms. The lowest BCUT2D eigenvalue weighted by atomic mass is 9.90. The second-order valence-electron chi connectivity index (χ2n) is 4.44. The Morgan fingerprint density at radius 3 is 2.75 bits per heavy atom. The third kappa shape index (κ3) is 1.79. The van der Waals surface area contributed by atoms with Crippen molar-refractivity contribution in [2.45, 2.75) is 25.3 Å². The van der Waals surface area contributed by atoms with Crippen LogP contribution in [0.2, 0.25) is 0 Å². The van der Waals surface area contributed by atoms with Gasteiger partial charge in [-0.1, -0.05) is 30.3 Å². The molecule has 0 radical (unpaired) electrons. The average molecular weight is 213 g/mol. The third-order valence-electron chi connectivity index (χ3n) is 3.17. The second kappa shape index (κ2) is 3.97. The molecule has 82 valence electrons. The van der Waals surface area contributed by atoms with Crippen molar-refractivity contribution in [1.82, 2.24) is 5.01 Å². The summed E-state index contributed by atoms with van der Waals surface area (Å²) in [7, 11) is 1.94. The largest absolute Gasteiger partial charge is 0.293 e. The first-order valence-electron chi connectivity index (χ1n) is 5.39. The van der Waals surface area contributed by atoms with Crippen molar-refractivity contribution in [3.8, 4) is 6.07 Å². The fourth-order valence-electron chi connectivity index (χ4n) is 1.95. The van der Waals surface area contributed by atoms with E-state index >= 15 is 0 Å². The van der Waals surface area contributed by atoms with E-state index in [1.807, 2.05) is 30.3 Å². The molecule has 3 heteroatoms. The number of hydrogen-bond donors (Lipinski definition) is 0. The highest BCUT2D eigenvalue weighted by atomic mass is 15.5. The van der Waals surface area contributed by atoms with Gasteiger partial charge in [0, 0.05) is 13.5 Å². The summed E-state index contributed by atoms with van der Waals surface area (Å²) < 4.78 is 0. The Kier molecular flexibility index (Phi) is 2.66. The normalized spacial score (nSPS) is 24.1. The standard InChI is InChI=1S/C13H15N3/c1-13(8-9-14)10-12(15-16(13)2)11-6-4-3-5-7-11/h3-7H,8,10H2,1-2H3. The van der Waals surface area contributed by atoms with Crippen LogP contribution in [0.3, 0.4) is 0 Å². The Balaban J connectivity index is 2.24. The molecule has 2 rings (SSSR count). The summed E-state index contributed by atoms with van der Waals surface area (Å²) in [6.45, 7) is 2.08. The SMILES string of the molecule is CN1N=C(c2ccccc2)CC1(C)CC#N. The Bertz CT molecular complexity index is 444. The van der Waals surface area contributed by atoms with Crippen LogP contribution in [0.1, 0.15) is 25.3 Å². The molecular weight excluding hydrogens is 198 g/mol. The first kappa shape index (κ1) is 10.7. The van der Waals surface area contributed by atoms with E-state index in [1.165, 1.54) is 0 Å². The zero-order valence-corrected chi connectivity index (χ0v) is 9.64. The number of hydrogen-bond acceptors (Lipinski definition) is 3. The maximum Gasteiger partial charge on any atom is 0.0733 e. The van der Waals surface area contributed by atoms with Gasteiger partial charge in [-0.05, 0) is 12.5 Å². The summed E-state index contributed by atoms with van der Waals surface area (Å²) >= 11 is 0. The van der Waals surface area contributed by atoms with E-state index in [1.54, 1.807) is 0 Å². The Labute approximate surface area is 96.0 Å². The van der Waals surface area contributed by atoms with Gasteiger partial charge in [0.25, 0.3) is 0 Å². The second-order valence-corrected chi connectivity index (χ2v) is 4.44. The molecule has 0 aromatic heterocycles. The van der Waals surface area contributed by atoms with Crippen LogP contribution >= 0.6 is 0 Å². The number of benzene rings is 1. The Morgan fingerprint density at radius 2 is 2.12 bits per heavy atom. The van der Waals surface area contributed by atoms with Gasteiger partial charge in [-0.3, -0.25) is 5.01 Å². The molecule has 1 atom stereocenters. The monoisotopic (exact) mass is 213 g/mol. The van der Waals surface area contributed by atoms with Crippen LogP contribution in [-0.4, -0.2) is 23.3 Å². The van der Waals surface area contributed by atoms with Crippen LogP contribution in [0, 0.1) is 11.3 Å². The van der Waals surface area contributed by atoms with Gasteiger partial charge in [-0.2, -0.15) is 10.4 Å². The molecule has 16 heavy (non-hydrogen) atoms. The summed E-state index contributed by atoms with van der Waals surface area (Å²) in [5, 5.41) is 15.3. The van der Waals surface area contributed by atoms with E-state index < -0.39 is 0 Å². The smallest absolute Gasteiger partial charge is 0.0733 e. The van der Waals surface area contributed by atoms with Crippen molar-refractivity contribution in [1.29, 1.82) is 5.26 Å². The van der Waals surface area contributed by atoms with Crippen LogP contribution in [0.25, 0.3) is 0 Å². The summed E-state index contributed by atoms with van der Waals surface area (Å²) in [4.78, 5) is 0. The van der Waals surface area contributed by atoms with E-state index in [0.29, 0.717) is 6.42 Å². The van der Waals surface area contributed by atoms with Crippen LogP contribution in [0.15, 0.2) is 35.4 Å². The van der Waals surface area contributed by atoms with Gasteiger partial charge < -0.3 is 0 Å². The highest BCUT2D eigenvalue weighted by molar-refractivity contribution is 6.02. The van der Waals surface area contributed by atoms with E-state index in [0.717, 1.165) is 17.7 Å². The van der Waals surface area contributed by atoms with Gasteiger partial charge in [0.05, 0.1) is 23.7 Å². The third-order valence-corrected chi connectivity index (χ3v) is 3.17. The number of rotatable bonds is 2. The lowest BCUT2D eigenvalue weighted by Crippen LogP contribution is -2.36. The molecule has 0 saturated heterocycles. The minimum absolute atomic E-state index is 0.153. The lowest BCUT2D eigenvalue weighted by molar-refractivity contribution is 0.178. The first-order valence-corrected chi connectivity index (χ1v) is 5.39. The molecule has 0 N–H and O–H groups in total. The van der Waals surface area contributed by atoms with Gasteiger partial charge in [0.1, 0.15) is 0 Å². The number of hydrazone groups is 1. The van der Waals surface area contributed by atoms with E-state index in [9.17, 15) is 0 Å². The molecule has 0 spiro atoms. The molecule has 0 amide bonds. The molecule has 3 nitrogen and oxygen atoms in total. The highest BCUT2D eigenvalue weighted by Gasteiger charge is 2.36. The molecular formula is C13H15N3. The summed E-state index contributed by atoms with van der Waals surface area (Å²) in [6.07, 6.45) is 1.34. The number of nitrogens with zero attached hydrogens (tertiary/aromatic N) is 3. The maximum absolute atomic E-state index is 8.84. The fourth-order valence-corrected chi connectivity index (χ4v) is 1.95. The van der Waals surface area contributed by atoms with Crippen molar-refractivity contribution < 1.29 is 0 Å². The molecule has 1 aromatic carbocycles. The van der Waals surface area contributed by atoms with Crippen LogP contribution in [0.4, 0.5) is 0 Å². The van der Waals surface area contributed by atoms with Crippen LogP contribution in [0.5, 0.6) is 0 Å². The average Bonchev–Trinajstić information content (AvgIpc) is 2.57. The summed E-state index contributed by atoms with van der Waals surface area (Å²) in [5.41, 5.74) is 2.07. The maximum atomic E-state index is 8.84. The molecule has 1 aromatic rings. The zero-order chi connectivity index (χ0) is 11.6. The molecule has 1 unspecified atom stereocenters. The Morgan fingerprint density at radius 1 is 1.44 bits per heavy atom. The molecule has 1 heterocycles. The quantitative estimate of drug-likeness (QED) is 0.756. The Hall–Kier alpha value is -1.82. The predicted octanol–water partition coefficient (Wildman–Crippen LogP) is 2.40. The molecule has 1 aliphatic rings. The van der Waals surface area contributed by atoms with E-state index in [2.05, 4.69) is 30.2 Å². The number of nitriles is 1. The van der Waals surface area contributed by atoms with Crippen molar-refractivity contribution >= 4 is 5.71 Å². The van der Waals surface area contributed by atoms with Crippen molar-refractivity contribution in [3.05, 3.63) is 35.9 Å². The van der Waals surface area contributed by atoms with Crippen molar-refractivity contribution in [3.63, 3.8) is 0 Å². The molecule has 1 aliphatic heterocycles.